The lowest BCUT2D eigenvalue weighted by atomic mass is 10.1. The number of hydrogen-bond acceptors (Lipinski definition) is 1. The van der Waals surface area contributed by atoms with Gasteiger partial charge in [0.25, 0.3) is 0 Å². The van der Waals surface area contributed by atoms with E-state index in [1.54, 1.807) is 0 Å². The molecule has 0 aromatic heterocycles. The molecule has 0 heterocycles. The highest BCUT2D eigenvalue weighted by Crippen LogP contribution is 2.40. The minimum atomic E-state index is -5.84. The van der Waals surface area contributed by atoms with Gasteiger partial charge in [0.15, 0.2) is 11.6 Å². The molecule has 0 N–H and O–H groups in total. The maximum absolute atomic E-state index is 12.9. The Hall–Kier alpha value is -1.68. The second-order valence-electron chi connectivity index (χ2n) is 3.01. The van der Waals surface area contributed by atoms with Crippen molar-refractivity contribution in [2.45, 2.75) is 12.5 Å². The molecule has 0 unspecified atom stereocenters. The maximum Gasteiger partial charge on any atom is 0.573 e. The monoisotopic (exact) mass is 302 g/mol. The number of benzene rings is 1. The highest BCUT2D eigenvalue weighted by molar-refractivity contribution is 5.36. The van der Waals surface area contributed by atoms with Crippen molar-refractivity contribution in [1.82, 2.24) is 0 Å². The Morgan fingerprint density at radius 2 is 1.00 bits per heavy atom. The molecular formula is C8F10O. The SMILES string of the molecule is Fc1c(F)c(C(F)(F)F)c(F)c(F)c1OC(F)(F)F. The van der Waals surface area contributed by atoms with Gasteiger partial charge in [0.05, 0.1) is 0 Å². The number of alkyl halides is 6. The predicted molar refractivity (Wildman–Crippen MR) is 38.0 cm³/mol. The van der Waals surface area contributed by atoms with Gasteiger partial charge in [-0.25, -0.2) is 8.78 Å². The lowest BCUT2D eigenvalue weighted by molar-refractivity contribution is -0.276. The van der Waals surface area contributed by atoms with E-state index in [1.807, 2.05) is 0 Å². The second kappa shape index (κ2) is 4.46. The molecule has 0 saturated carbocycles. The summed E-state index contributed by atoms with van der Waals surface area (Å²) >= 11 is 0. The van der Waals surface area contributed by atoms with Crippen LogP contribution in [0.1, 0.15) is 5.56 Å². The van der Waals surface area contributed by atoms with Gasteiger partial charge in [-0.05, 0) is 0 Å². The first-order chi connectivity index (χ1) is 8.36. The Morgan fingerprint density at radius 1 is 0.632 bits per heavy atom. The van der Waals surface area contributed by atoms with Crippen molar-refractivity contribution in [3.63, 3.8) is 0 Å². The summed E-state index contributed by atoms with van der Waals surface area (Å²) in [5, 5.41) is 0. The van der Waals surface area contributed by atoms with E-state index in [0.717, 1.165) is 0 Å². The minimum Gasteiger partial charge on any atom is -0.399 e. The topological polar surface area (TPSA) is 9.23 Å². The molecule has 0 atom stereocenters. The van der Waals surface area contributed by atoms with Crippen LogP contribution >= 0.6 is 0 Å². The van der Waals surface area contributed by atoms with E-state index < -0.39 is 47.1 Å². The molecule has 0 bridgehead atoms. The van der Waals surface area contributed by atoms with Crippen molar-refractivity contribution in [2.24, 2.45) is 0 Å². The fourth-order valence-electron chi connectivity index (χ4n) is 1.07. The molecule has 19 heavy (non-hydrogen) atoms. The van der Waals surface area contributed by atoms with Crippen molar-refractivity contribution in [2.75, 3.05) is 0 Å². The summed E-state index contributed by atoms with van der Waals surface area (Å²) in [5.41, 5.74) is -2.99. The molecule has 1 aromatic rings. The van der Waals surface area contributed by atoms with Crippen LogP contribution in [0.25, 0.3) is 0 Å². The van der Waals surface area contributed by atoms with E-state index in [4.69, 9.17) is 0 Å². The van der Waals surface area contributed by atoms with Crippen LogP contribution in [0.3, 0.4) is 0 Å². The average molecular weight is 302 g/mol. The van der Waals surface area contributed by atoms with Crippen molar-refractivity contribution >= 4 is 0 Å². The van der Waals surface area contributed by atoms with Crippen LogP contribution in [0.2, 0.25) is 0 Å². The third-order valence-corrected chi connectivity index (χ3v) is 1.72. The van der Waals surface area contributed by atoms with Gasteiger partial charge in [0.1, 0.15) is 5.56 Å². The van der Waals surface area contributed by atoms with Crippen LogP contribution in [0.15, 0.2) is 0 Å². The first-order valence-electron chi connectivity index (χ1n) is 4.05. The summed E-state index contributed by atoms with van der Waals surface area (Å²) < 4.78 is 125. The summed E-state index contributed by atoms with van der Waals surface area (Å²) in [7, 11) is 0. The van der Waals surface area contributed by atoms with Gasteiger partial charge in [0, 0.05) is 0 Å². The maximum atomic E-state index is 12.9. The van der Waals surface area contributed by atoms with Gasteiger partial charge in [-0.3, -0.25) is 0 Å². The van der Waals surface area contributed by atoms with E-state index in [-0.39, 0.29) is 0 Å². The highest BCUT2D eigenvalue weighted by Gasteiger charge is 2.44. The third-order valence-electron chi connectivity index (χ3n) is 1.72. The molecule has 1 aromatic carbocycles. The summed E-state index contributed by atoms with van der Waals surface area (Å²) in [6.45, 7) is 0. The van der Waals surface area contributed by atoms with Crippen molar-refractivity contribution in [3.05, 3.63) is 28.8 Å². The Balaban J connectivity index is 3.57. The molecule has 11 heteroatoms. The molecule has 0 saturated heterocycles. The van der Waals surface area contributed by atoms with Gasteiger partial charge >= 0.3 is 12.5 Å². The quantitative estimate of drug-likeness (QED) is 0.559. The van der Waals surface area contributed by atoms with Crippen LogP contribution < -0.4 is 4.74 Å². The van der Waals surface area contributed by atoms with E-state index in [0.29, 0.717) is 0 Å². The molecule has 108 valence electrons. The summed E-state index contributed by atoms with van der Waals surface area (Å²) in [6, 6.07) is 0. The standard InChI is InChI=1S/C8F10O/c9-2-1(7(13,14)15)3(10)5(12)6(4(2)11)19-8(16,17)18. The Bertz CT molecular complexity index is 471. The zero-order chi connectivity index (χ0) is 15.2. The van der Waals surface area contributed by atoms with Crippen LogP contribution in [-0.2, 0) is 6.18 Å². The number of halogens is 10. The van der Waals surface area contributed by atoms with Crippen molar-refractivity contribution < 1.29 is 48.6 Å². The van der Waals surface area contributed by atoms with E-state index in [9.17, 15) is 43.9 Å². The molecule has 0 aliphatic rings. The van der Waals surface area contributed by atoms with Gasteiger partial charge in [-0.1, -0.05) is 0 Å². The summed E-state index contributed by atoms with van der Waals surface area (Å²) in [4.78, 5) is 0. The minimum absolute atomic E-state index is 2.60. The number of rotatable bonds is 1. The van der Waals surface area contributed by atoms with E-state index >= 15 is 0 Å². The zero-order valence-corrected chi connectivity index (χ0v) is 8.19. The van der Waals surface area contributed by atoms with Gasteiger partial charge in [-0.2, -0.15) is 22.0 Å². The zero-order valence-electron chi connectivity index (χ0n) is 8.19. The fraction of sp³-hybridized carbons (Fsp3) is 0.250. The molecule has 0 aliphatic carbocycles. The van der Waals surface area contributed by atoms with E-state index in [2.05, 4.69) is 4.74 Å². The number of hydrogen-bond donors (Lipinski definition) is 0. The lowest BCUT2D eigenvalue weighted by Crippen LogP contribution is -2.22. The lowest BCUT2D eigenvalue weighted by Gasteiger charge is -2.15. The second-order valence-corrected chi connectivity index (χ2v) is 3.01. The highest BCUT2D eigenvalue weighted by atomic mass is 19.4. The molecule has 1 rings (SSSR count). The van der Waals surface area contributed by atoms with Crippen LogP contribution in [0.4, 0.5) is 43.9 Å². The molecule has 0 fully saturated rings. The van der Waals surface area contributed by atoms with Crippen molar-refractivity contribution in [3.8, 4) is 5.75 Å². The van der Waals surface area contributed by atoms with Crippen molar-refractivity contribution in [1.29, 1.82) is 0 Å². The predicted octanol–water partition coefficient (Wildman–Crippen LogP) is 4.16. The van der Waals surface area contributed by atoms with Gasteiger partial charge in [-0.15, -0.1) is 13.2 Å². The summed E-state index contributed by atoms with van der Waals surface area (Å²) in [6.07, 6.45) is -11.6. The Kier molecular flexibility index (Phi) is 3.61. The first kappa shape index (κ1) is 15.4. The fourth-order valence-corrected chi connectivity index (χ4v) is 1.07. The van der Waals surface area contributed by atoms with Crippen LogP contribution in [-0.4, -0.2) is 6.36 Å². The first-order valence-corrected chi connectivity index (χ1v) is 4.05. The summed E-state index contributed by atoms with van der Waals surface area (Å²) in [5.74, 6) is -14.6. The Labute approximate surface area is 96.9 Å². The molecule has 1 nitrogen and oxygen atoms in total. The van der Waals surface area contributed by atoms with Gasteiger partial charge in [0.2, 0.25) is 17.4 Å². The normalized spacial score (nSPS) is 12.7. The van der Waals surface area contributed by atoms with Gasteiger partial charge < -0.3 is 4.74 Å². The Morgan fingerprint density at radius 3 is 1.26 bits per heavy atom. The number of ether oxygens (including phenoxy) is 1. The molecule has 0 amide bonds. The molecular weight excluding hydrogens is 302 g/mol. The van der Waals surface area contributed by atoms with E-state index in [1.165, 1.54) is 0 Å². The molecule has 0 spiro atoms. The van der Waals surface area contributed by atoms with Crippen LogP contribution in [0.5, 0.6) is 5.75 Å². The smallest absolute Gasteiger partial charge is 0.399 e. The molecule has 0 radical (unpaired) electrons. The third kappa shape index (κ3) is 3.01. The molecule has 0 aliphatic heterocycles. The van der Waals surface area contributed by atoms with Crippen LogP contribution in [0, 0.1) is 23.3 Å². The average Bonchev–Trinajstić information content (AvgIpc) is 2.18. The largest absolute Gasteiger partial charge is 0.573 e.